The fraction of sp³-hybridized carbons (Fsp3) is 0.625. The Morgan fingerprint density at radius 2 is 2.27 bits per heavy atom. The van der Waals surface area contributed by atoms with Crippen molar-refractivity contribution >= 4 is 6.29 Å². The summed E-state index contributed by atoms with van der Waals surface area (Å²) in [7, 11) is 3.97. The van der Waals surface area contributed by atoms with E-state index >= 15 is 0 Å². The van der Waals surface area contributed by atoms with Crippen molar-refractivity contribution in [2.75, 3.05) is 20.6 Å². The third kappa shape index (κ3) is 1.43. The molecule has 0 saturated heterocycles. The largest absolute Gasteiger partial charge is 0.357 e. The molecule has 62 valence electrons. The van der Waals surface area contributed by atoms with Crippen LogP contribution in [0, 0.1) is 0 Å². The first-order valence-corrected chi connectivity index (χ1v) is 3.75. The highest BCUT2D eigenvalue weighted by Crippen LogP contribution is 2.12. The van der Waals surface area contributed by atoms with E-state index in [1.54, 1.807) is 0 Å². The van der Waals surface area contributed by atoms with E-state index in [1.807, 2.05) is 25.1 Å². The summed E-state index contributed by atoms with van der Waals surface area (Å²) in [5.74, 6) is 0. The quantitative estimate of drug-likeness (QED) is 0.507. The molecule has 0 bridgehead atoms. The van der Waals surface area contributed by atoms with Crippen molar-refractivity contribution in [3.8, 4) is 0 Å². The molecule has 0 aromatic carbocycles. The summed E-state index contributed by atoms with van der Waals surface area (Å²) in [4.78, 5) is 14.6. The lowest BCUT2D eigenvalue weighted by Crippen LogP contribution is -2.45. The highest BCUT2D eigenvalue weighted by molar-refractivity contribution is 5.72. The second-order valence-corrected chi connectivity index (χ2v) is 2.93. The molecule has 1 unspecified atom stereocenters. The zero-order valence-corrected chi connectivity index (χ0v) is 7.24. The van der Waals surface area contributed by atoms with Crippen LogP contribution in [0.5, 0.6) is 0 Å². The maximum atomic E-state index is 10.5. The van der Waals surface area contributed by atoms with Gasteiger partial charge in [0.25, 0.3) is 0 Å². The molecule has 11 heavy (non-hydrogen) atoms. The average Bonchev–Trinajstić information content (AvgIpc) is 2.01. The van der Waals surface area contributed by atoms with Crippen LogP contribution in [-0.2, 0) is 4.79 Å². The normalized spacial score (nSPS) is 26.6. The second kappa shape index (κ2) is 3.05. The monoisotopic (exact) mass is 154 g/mol. The molecule has 3 heteroatoms. The van der Waals surface area contributed by atoms with Gasteiger partial charge < -0.3 is 4.90 Å². The van der Waals surface area contributed by atoms with E-state index < -0.39 is 0 Å². The molecule has 1 heterocycles. The number of hydrogen-bond donors (Lipinski definition) is 0. The first-order valence-electron chi connectivity index (χ1n) is 3.75. The summed E-state index contributed by atoms with van der Waals surface area (Å²) in [6, 6.07) is 0. The van der Waals surface area contributed by atoms with Crippen LogP contribution in [-0.4, -0.2) is 42.9 Å². The van der Waals surface area contributed by atoms with Gasteiger partial charge in [0.1, 0.15) is 0 Å². The van der Waals surface area contributed by atoms with Crippen molar-refractivity contribution in [3.63, 3.8) is 0 Å². The summed E-state index contributed by atoms with van der Waals surface area (Å²) in [6.07, 6.45) is 3.16. The molecule has 0 aromatic heterocycles. The Balaban J connectivity index is 2.78. The van der Waals surface area contributed by atoms with E-state index in [1.165, 1.54) is 0 Å². The highest BCUT2D eigenvalue weighted by Gasteiger charge is 2.19. The molecule has 1 atom stereocenters. The zero-order valence-electron chi connectivity index (χ0n) is 7.24. The number of carbonyl (C=O) groups is 1. The van der Waals surface area contributed by atoms with E-state index in [2.05, 4.69) is 11.8 Å². The number of allylic oxidation sites excluding steroid dienone is 1. The Labute approximate surface area is 67.3 Å². The van der Waals surface area contributed by atoms with Crippen LogP contribution in [0.4, 0.5) is 0 Å². The maximum absolute atomic E-state index is 10.5. The van der Waals surface area contributed by atoms with E-state index in [4.69, 9.17) is 0 Å². The molecule has 1 rings (SSSR count). The predicted molar refractivity (Wildman–Crippen MR) is 44.0 cm³/mol. The number of likely N-dealkylation sites (N-methyl/N-ethyl adjacent to an activating group) is 2. The summed E-state index contributed by atoms with van der Waals surface area (Å²) >= 11 is 0. The van der Waals surface area contributed by atoms with Gasteiger partial charge in [-0.1, -0.05) is 0 Å². The minimum absolute atomic E-state index is 0.320. The Bertz CT molecular complexity index is 189. The predicted octanol–water partition coefficient (Wildman–Crippen LogP) is 0.292. The van der Waals surface area contributed by atoms with Gasteiger partial charge in [-0.05, 0) is 20.0 Å². The molecular weight excluding hydrogens is 140 g/mol. The summed E-state index contributed by atoms with van der Waals surface area (Å²) < 4.78 is 0. The molecule has 0 N–H and O–H groups in total. The van der Waals surface area contributed by atoms with Gasteiger partial charge in [-0.25, -0.2) is 0 Å². The van der Waals surface area contributed by atoms with Crippen molar-refractivity contribution < 1.29 is 4.79 Å². The third-order valence-electron chi connectivity index (χ3n) is 2.31. The van der Waals surface area contributed by atoms with Crippen molar-refractivity contribution in [1.29, 1.82) is 0 Å². The van der Waals surface area contributed by atoms with Gasteiger partial charge >= 0.3 is 0 Å². The standard InChI is InChI=1S/C8H14N2O/c1-7-9(2)5-4-8(6-11)10(7)3/h4,6-7H,5H2,1-3H3. The van der Waals surface area contributed by atoms with E-state index in [9.17, 15) is 4.79 Å². The number of nitrogens with zero attached hydrogens (tertiary/aromatic N) is 2. The fourth-order valence-electron chi connectivity index (χ4n) is 1.18. The minimum atomic E-state index is 0.320. The van der Waals surface area contributed by atoms with E-state index in [-0.39, 0.29) is 0 Å². The van der Waals surface area contributed by atoms with Crippen molar-refractivity contribution in [2.45, 2.75) is 13.1 Å². The molecule has 0 amide bonds. The average molecular weight is 154 g/mol. The van der Waals surface area contributed by atoms with Crippen molar-refractivity contribution in [1.82, 2.24) is 9.80 Å². The Hall–Kier alpha value is -0.830. The molecule has 0 saturated carbocycles. The van der Waals surface area contributed by atoms with Crippen molar-refractivity contribution in [3.05, 3.63) is 11.8 Å². The second-order valence-electron chi connectivity index (χ2n) is 2.93. The molecule has 3 nitrogen and oxygen atoms in total. The molecule has 0 aliphatic carbocycles. The number of aldehydes is 1. The lowest BCUT2D eigenvalue weighted by Gasteiger charge is -2.37. The van der Waals surface area contributed by atoms with Crippen LogP contribution < -0.4 is 0 Å². The zero-order chi connectivity index (χ0) is 8.43. The number of hydrogen-bond acceptors (Lipinski definition) is 3. The van der Waals surface area contributed by atoms with E-state index in [0.29, 0.717) is 6.17 Å². The van der Waals surface area contributed by atoms with Crippen LogP contribution in [0.15, 0.2) is 11.8 Å². The topological polar surface area (TPSA) is 23.6 Å². The highest BCUT2D eigenvalue weighted by atomic mass is 16.1. The number of carbonyl (C=O) groups excluding carboxylic acids is 1. The Kier molecular flexibility index (Phi) is 2.29. The smallest absolute Gasteiger partial charge is 0.165 e. The summed E-state index contributed by atoms with van der Waals surface area (Å²) in [5.41, 5.74) is 0.788. The van der Waals surface area contributed by atoms with Crippen LogP contribution in [0.1, 0.15) is 6.92 Å². The summed E-state index contributed by atoms with van der Waals surface area (Å²) in [6.45, 7) is 2.94. The first kappa shape index (κ1) is 8.27. The van der Waals surface area contributed by atoms with Crippen LogP contribution in [0.25, 0.3) is 0 Å². The molecule has 1 aliphatic rings. The lowest BCUT2D eigenvalue weighted by atomic mass is 10.2. The molecule has 0 aromatic rings. The Morgan fingerprint density at radius 1 is 1.64 bits per heavy atom. The van der Waals surface area contributed by atoms with Crippen molar-refractivity contribution in [2.24, 2.45) is 0 Å². The first-order chi connectivity index (χ1) is 5.16. The van der Waals surface area contributed by atoms with Crippen LogP contribution in [0.2, 0.25) is 0 Å². The maximum Gasteiger partial charge on any atom is 0.165 e. The van der Waals surface area contributed by atoms with Gasteiger partial charge in [0.15, 0.2) is 6.29 Å². The lowest BCUT2D eigenvalue weighted by molar-refractivity contribution is -0.107. The molecule has 1 aliphatic heterocycles. The minimum Gasteiger partial charge on any atom is -0.357 e. The van der Waals surface area contributed by atoms with Gasteiger partial charge in [0.2, 0.25) is 0 Å². The molecule has 0 spiro atoms. The molecular formula is C8H14N2O. The van der Waals surface area contributed by atoms with Gasteiger partial charge in [0, 0.05) is 13.6 Å². The SMILES string of the molecule is CC1N(C)CC=C(C=O)N1C. The van der Waals surface area contributed by atoms with Crippen LogP contribution >= 0.6 is 0 Å². The molecule has 0 radical (unpaired) electrons. The van der Waals surface area contributed by atoms with E-state index in [0.717, 1.165) is 18.5 Å². The van der Waals surface area contributed by atoms with Gasteiger partial charge in [-0.3, -0.25) is 9.69 Å². The summed E-state index contributed by atoms with van der Waals surface area (Å²) in [5, 5.41) is 0. The van der Waals surface area contributed by atoms with Crippen LogP contribution in [0.3, 0.4) is 0 Å². The number of rotatable bonds is 1. The van der Waals surface area contributed by atoms with Gasteiger partial charge in [0.05, 0.1) is 11.9 Å². The third-order valence-corrected chi connectivity index (χ3v) is 2.31. The van der Waals surface area contributed by atoms with Gasteiger partial charge in [-0.2, -0.15) is 0 Å². The Morgan fingerprint density at radius 3 is 2.82 bits per heavy atom. The molecule has 0 fully saturated rings. The fourth-order valence-corrected chi connectivity index (χ4v) is 1.18. The van der Waals surface area contributed by atoms with Gasteiger partial charge in [-0.15, -0.1) is 0 Å².